The predicted octanol–water partition coefficient (Wildman–Crippen LogP) is 1.00. The smallest absolute Gasteiger partial charge is 0.263 e. The quantitative estimate of drug-likeness (QED) is 0.832. The van der Waals surface area contributed by atoms with Crippen LogP contribution >= 0.6 is 0 Å². The van der Waals surface area contributed by atoms with E-state index in [9.17, 15) is 0 Å². The van der Waals surface area contributed by atoms with Crippen molar-refractivity contribution in [2.24, 2.45) is 13.0 Å². The first-order chi connectivity index (χ1) is 7.74. The van der Waals surface area contributed by atoms with Crippen LogP contribution in [0.4, 0.5) is 5.82 Å². The number of rotatable bonds is 3. The summed E-state index contributed by atoms with van der Waals surface area (Å²) >= 11 is 0. The Labute approximate surface area is 92.4 Å². The molecular formula is C10H13N5O. The normalized spacial score (nSPS) is 15.6. The summed E-state index contributed by atoms with van der Waals surface area (Å²) in [6.07, 6.45) is 5.10. The lowest BCUT2D eigenvalue weighted by molar-refractivity contribution is 0.421. The van der Waals surface area contributed by atoms with Gasteiger partial charge in [0.25, 0.3) is 5.89 Å². The molecule has 16 heavy (non-hydrogen) atoms. The molecule has 0 saturated heterocycles. The summed E-state index contributed by atoms with van der Waals surface area (Å²) in [5.41, 5.74) is 6.54. The van der Waals surface area contributed by atoms with E-state index in [0.717, 1.165) is 18.2 Å². The molecule has 0 radical (unpaired) electrons. The lowest BCUT2D eigenvalue weighted by Crippen LogP contribution is -1.98. The van der Waals surface area contributed by atoms with Crippen LogP contribution in [-0.2, 0) is 13.5 Å². The molecule has 2 heterocycles. The highest BCUT2D eigenvalue weighted by Crippen LogP contribution is 2.32. The SMILES string of the molecule is Cn1ncc(-c2nc(CC3CC3)no2)c1N. The van der Waals surface area contributed by atoms with Crippen molar-refractivity contribution in [2.75, 3.05) is 5.73 Å². The van der Waals surface area contributed by atoms with Gasteiger partial charge in [-0.2, -0.15) is 10.1 Å². The average Bonchev–Trinajstić information content (AvgIpc) is 2.86. The van der Waals surface area contributed by atoms with Gasteiger partial charge in [-0.15, -0.1) is 0 Å². The molecule has 1 aliphatic rings. The van der Waals surface area contributed by atoms with Crippen LogP contribution in [0.25, 0.3) is 11.5 Å². The van der Waals surface area contributed by atoms with E-state index in [0.29, 0.717) is 17.3 Å². The molecule has 0 atom stereocenters. The molecule has 2 aromatic rings. The van der Waals surface area contributed by atoms with E-state index in [1.807, 2.05) is 0 Å². The third kappa shape index (κ3) is 1.56. The molecule has 6 nitrogen and oxygen atoms in total. The maximum atomic E-state index is 5.83. The van der Waals surface area contributed by atoms with Crippen molar-refractivity contribution in [3.8, 4) is 11.5 Å². The lowest BCUT2D eigenvalue weighted by atomic mass is 10.3. The fourth-order valence-corrected chi connectivity index (χ4v) is 1.64. The average molecular weight is 219 g/mol. The zero-order chi connectivity index (χ0) is 11.1. The first kappa shape index (κ1) is 9.38. The van der Waals surface area contributed by atoms with Crippen molar-refractivity contribution in [1.82, 2.24) is 19.9 Å². The summed E-state index contributed by atoms with van der Waals surface area (Å²) in [5, 5.41) is 7.98. The van der Waals surface area contributed by atoms with Gasteiger partial charge in [-0.3, -0.25) is 4.68 Å². The van der Waals surface area contributed by atoms with Crippen molar-refractivity contribution in [3.05, 3.63) is 12.0 Å². The summed E-state index contributed by atoms with van der Waals surface area (Å²) in [6.45, 7) is 0. The third-order valence-corrected chi connectivity index (χ3v) is 2.85. The number of aromatic nitrogens is 4. The van der Waals surface area contributed by atoms with Crippen LogP contribution in [0.5, 0.6) is 0 Å². The highest BCUT2D eigenvalue weighted by atomic mass is 16.5. The molecule has 1 saturated carbocycles. The Kier molecular flexibility index (Phi) is 1.95. The molecule has 0 amide bonds. The monoisotopic (exact) mass is 219 g/mol. The number of hydrogen-bond acceptors (Lipinski definition) is 5. The minimum atomic E-state index is 0.459. The van der Waals surface area contributed by atoms with E-state index < -0.39 is 0 Å². The Balaban J connectivity index is 1.88. The molecule has 0 aliphatic heterocycles. The Morgan fingerprint density at radius 1 is 1.56 bits per heavy atom. The highest BCUT2D eigenvalue weighted by molar-refractivity contribution is 5.66. The largest absolute Gasteiger partial charge is 0.383 e. The zero-order valence-corrected chi connectivity index (χ0v) is 9.05. The second kappa shape index (κ2) is 3.33. The van der Waals surface area contributed by atoms with Crippen LogP contribution in [-0.4, -0.2) is 19.9 Å². The van der Waals surface area contributed by atoms with Crippen LogP contribution in [0.2, 0.25) is 0 Å². The van der Waals surface area contributed by atoms with Gasteiger partial charge in [0.05, 0.1) is 6.20 Å². The summed E-state index contributed by atoms with van der Waals surface area (Å²) in [7, 11) is 1.78. The Hall–Kier alpha value is -1.85. The molecule has 1 fully saturated rings. The summed E-state index contributed by atoms with van der Waals surface area (Å²) in [5.74, 6) is 2.51. The van der Waals surface area contributed by atoms with Crippen molar-refractivity contribution < 1.29 is 4.52 Å². The van der Waals surface area contributed by atoms with E-state index in [4.69, 9.17) is 10.3 Å². The molecule has 0 bridgehead atoms. The van der Waals surface area contributed by atoms with Crippen molar-refractivity contribution in [1.29, 1.82) is 0 Å². The molecule has 0 unspecified atom stereocenters. The molecule has 6 heteroatoms. The Morgan fingerprint density at radius 2 is 2.38 bits per heavy atom. The maximum Gasteiger partial charge on any atom is 0.263 e. The number of nitrogens with zero attached hydrogens (tertiary/aromatic N) is 4. The number of anilines is 1. The minimum absolute atomic E-state index is 0.459. The fourth-order valence-electron chi connectivity index (χ4n) is 1.64. The highest BCUT2D eigenvalue weighted by Gasteiger charge is 2.24. The predicted molar refractivity (Wildman–Crippen MR) is 57.3 cm³/mol. The summed E-state index contributed by atoms with van der Waals surface area (Å²) < 4.78 is 6.76. The molecule has 3 rings (SSSR count). The van der Waals surface area contributed by atoms with Crippen LogP contribution in [0.1, 0.15) is 18.7 Å². The number of nitrogen functional groups attached to an aromatic ring is 1. The third-order valence-electron chi connectivity index (χ3n) is 2.85. The van der Waals surface area contributed by atoms with E-state index in [1.54, 1.807) is 17.9 Å². The Bertz CT molecular complexity index is 511. The first-order valence-electron chi connectivity index (χ1n) is 5.34. The fraction of sp³-hybridized carbons (Fsp3) is 0.500. The van der Waals surface area contributed by atoms with Gasteiger partial charge in [0.1, 0.15) is 11.4 Å². The van der Waals surface area contributed by atoms with Crippen LogP contribution in [0.15, 0.2) is 10.7 Å². The molecule has 2 N–H and O–H groups in total. The zero-order valence-electron chi connectivity index (χ0n) is 9.05. The standard InChI is InChI=1S/C10H13N5O/c1-15-9(11)7(5-12-15)10-13-8(14-16-10)4-6-2-3-6/h5-6H,2-4,11H2,1H3. The molecule has 0 spiro atoms. The van der Waals surface area contributed by atoms with Gasteiger partial charge in [0, 0.05) is 13.5 Å². The molecule has 0 aromatic carbocycles. The second-order valence-electron chi connectivity index (χ2n) is 4.23. The van der Waals surface area contributed by atoms with Gasteiger partial charge in [-0.25, -0.2) is 0 Å². The number of hydrogen-bond donors (Lipinski definition) is 1. The van der Waals surface area contributed by atoms with Gasteiger partial charge in [-0.1, -0.05) is 5.16 Å². The van der Waals surface area contributed by atoms with Crippen molar-refractivity contribution >= 4 is 5.82 Å². The van der Waals surface area contributed by atoms with Crippen LogP contribution in [0, 0.1) is 5.92 Å². The molecular weight excluding hydrogens is 206 g/mol. The second-order valence-corrected chi connectivity index (χ2v) is 4.23. The molecule has 2 aromatic heterocycles. The number of aryl methyl sites for hydroxylation is 1. The van der Waals surface area contributed by atoms with Crippen molar-refractivity contribution in [3.63, 3.8) is 0 Å². The van der Waals surface area contributed by atoms with E-state index in [2.05, 4.69) is 15.2 Å². The van der Waals surface area contributed by atoms with E-state index in [1.165, 1.54) is 12.8 Å². The van der Waals surface area contributed by atoms with Gasteiger partial charge in [0.2, 0.25) is 0 Å². The van der Waals surface area contributed by atoms with Crippen molar-refractivity contribution in [2.45, 2.75) is 19.3 Å². The first-order valence-corrected chi connectivity index (χ1v) is 5.34. The summed E-state index contributed by atoms with van der Waals surface area (Å²) in [4.78, 5) is 4.32. The van der Waals surface area contributed by atoms with Gasteiger partial charge < -0.3 is 10.3 Å². The maximum absolute atomic E-state index is 5.83. The topological polar surface area (TPSA) is 82.8 Å². The van der Waals surface area contributed by atoms with E-state index >= 15 is 0 Å². The molecule has 1 aliphatic carbocycles. The van der Waals surface area contributed by atoms with Gasteiger partial charge >= 0.3 is 0 Å². The summed E-state index contributed by atoms with van der Waals surface area (Å²) in [6, 6.07) is 0. The van der Waals surface area contributed by atoms with E-state index in [-0.39, 0.29) is 0 Å². The Morgan fingerprint density at radius 3 is 3.00 bits per heavy atom. The number of nitrogens with two attached hydrogens (primary N) is 1. The lowest BCUT2D eigenvalue weighted by Gasteiger charge is -1.93. The van der Waals surface area contributed by atoms with Crippen LogP contribution in [0.3, 0.4) is 0 Å². The van der Waals surface area contributed by atoms with Gasteiger partial charge in [-0.05, 0) is 18.8 Å². The van der Waals surface area contributed by atoms with Crippen LogP contribution < -0.4 is 5.73 Å². The van der Waals surface area contributed by atoms with Gasteiger partial charge in [0.15, 0.2) is 5.82 Å². The molecule has 84 valence electrons. The minimum Gasteiger partial charge on any atom is -0.383 e.